The number of halogens is 2. The monoisotopic (exact) mass is 408 g/mol. The van der Waals surface area contributed by atoms with Gasteiger partial charge in [0.15, 0.2) is 5.78 Å². The largest absolute Gasteiger partial charge is 0.326 e. The lowest BCUT2D eigenvalue weighted by atomic mass is 10.1. The Morgan fingerprint density at radius 3 is 2.33 bits per heavy atom. The van der Waals surface area contributed by atoms with E-state index in [9.17, 15) is 14.4 Å². The van der Waals surface area contributed by atoms with Gasteiger partial charge in [0.1, 0.15) is 0 Å². The lowest BCUT2D eigenvalue weighted by Gasteiger charge is -2.10. The van der Waals surface area contributed by atoms with Crippen LogP contribution in [-0.4, -0.2) is 22.9 Å². The van der Waals surface area contributed by atoms with E-state index < -0.39 is 11.7 Å². The highest BCUT2D eigenvalue weighted by molar-refractivity contribution is 9.09. The molecule has 2 amide bonds. The number of carbonyl (C=O) groups excluding carboxylic acids is 3. The summed E-state index contributed by atoms with van der Waals surface area (Å²) in [5, 5.41) is 5.69. The van der Waals surface area contributed by atoms with E-state index in [1.54, 1.807) is 24.3 Å². The number of carbonyl (C=O) groups is 3. The smallest absolute Gasteiger partial charge is 0.235 e. The molecule has 0 aromatic heterocycles. The molecule has 0 spiro atoms. The first-order valence-electron chi connectivity index (χ1n) is 7.03. The molecule has 0 saturated heterocycles. The van der Waals surface area contributed by atoms with Gasteiger partial charge < -0.3 is 10.6 Å². The zero-order chi connectivity index (χ0) is 17.5. The first kappa shape index (κ1) is 18.2. The number of nitrogens with one attached hydrogen (secondary N) is 2. The van der Waals surface area contributed by atoms with Gasteiger partial charge >= 0.3 is 0 Å². The summed E-state index contributed by atoms with van der Waals surface area (Å²) >= 11 is 8.94. The molecule has 2 N–H and O–H groups in total. The maximum Gasteiger partial charge on any atom is 0.235 e. The Morgan fingerprint density at radius 1 is 0.958 bits per heavy atom. The summed E-state index contributed by atoms with van der Waals surface area (Å²) < 4.78 is 0. The van der Waals surface area contributed by atoms with Crippen molar-refractivity contribution in [3.8, 4) is 0 Å². The molecule has 0 aliphatic carbocycles. The van der Waals surface area contributed by atoms with Gasteiger partial charge in [-0.3, -0.25) is 14.4 Å². The number of hydrogen-bond acceptors (Lipinski definition) is 3. The predicted octanol–water partition coefficient (Wildman–Crippen LogP) is 3.88. The van der Waals surface area contributed by atoms with E-state index >= 15 is 0 Å². The topological polar surface area (TPSA) is 75.3 Å². The van der Waals surface area contributed by atoms with Crippen molar-refractivity contribution in [3.63, 3.8) is 0 Å². The third-order valence-corrected chi connectivity index (χ3v) is 3.80. The minimum atomic E-state index is -0.432. The summed E-state index contributed by atoms with van der Waals surface area (Å²) in [6, 6.07) is 13.4. The van der Waals surface area contributed by atoms with Gasteiger partial charge in [-0.15, -0.1) is 0 Å². The summed E-state index contributed by atoms with van der Waals surface area (Å²) in [5.41, 5.74) is 1.13. The number of para-hydroxylation sites is 1. The van der Waals surface area contributed by atoms with E-state index in [0.29, 0.717) is 10.7 Å². The van der Waals surface area contributed by atoms with Crippen LogP contribution in [0.2, 0.25) is 5.02 Å². The van der Waals surface area contributed by atoms with Gasteiger partial charge in [-0.25, -0.2) is 0 Å². The number of anilines is 2. The van der Waals surface area contributed by atoms with Gasteiger partial charge in [0, 0.05) is 16.3 Å². The van der Waals surface area contributed by atoms with Gasteiger partial charge in [0.25, 0.3) is 0 Å². The van der Waals surface area contributed by atoms with Crippen LogP contribution in [0.25, 0.3) is 0 Å². The Hall–Kier alpha value is -2.18. The van der Waals surface area contributed by atoms with Gasteiger partial charge in [-0.2, -0.15) is 0 Å². The van der Waals surface area contributed by atoms with E-state index in [1.165, 1.54) is 18.2 Å². The molecule has 24 heavy (non-hydrogen) atoms. The second kappa shape index (κ2) is 8.61. The van der Waals surface area contributed by atoms with E-state index in [2.05, 4.69) is 26.6 Å². The third-order valence-electron chi connectivity index (χ3n) is 3.06. The van der Waals surface area contributed by atoms with Gasteiger partial charge in [-0.05, 0) is 30.3 Å². The molecule has 0 atom stereocenters. The zero-order valence-electron chi connectivity index (χ0n) is 12.5. The molecule has 0 radical (unpaired) electrons. The number of hydrogen-bond donors (Lipinski definition) is 2. The predicted molar refractivity (Wildman–Crippen MR) is 97.9 cm³/mol. The number of rotatable bonds is 6. The van der Waals surface area contributed by atoms with Crippen LogP contribution >= 0.6 is 27.5 Å². The number of amides is 2. The van der Waals surface area contributed by atoms with Crippen molar-refractivity contribution >= 4 is 56.5 Å². The van der Waals surface area contributed by atoms with Crippen LogP contribution in [0.4, 0.5) is 11.4 Å². The van der Waals surface area contributed by atoms with Crippen molar-refractivity contribution in [2.75, 3.05) is 16.0 Å². The number of Topliss-reactive ketones (excluding diaryl/α,β-unsaturated/α-hetero) is 1. The number of ketones is 1. The Kier molecular flexibility index (Phi) is 6.52. The first-order chi connectivity index (χ1) is 11.5. The highest BCUT2D eigenvalue weighted by Crippen LogP contribution is 2.23. The fourth-order valence-corrected chi connectivity index (χ4v) is 2.33. The molecule has 0 aliphatic rings. The van der Waals surface area contributed by atoms with Crippen LogP contribution in [-0.2, 0) is 9.59 Å². The molecule has 5 nitrogen and oxygen atoms in total. The molecule has 7 heteroatoms. The Labute approximate surface area is 152 Å². The SMILES string of the molecule is O=C(CC(=O)c1ccc(Cl)cc1NC(=O)CBr)Nc1ccccc1. The Morgan fingerprint density at radius 2 is 1.67 bits per heavy atom. The molecule has 124 valence electrons. The summed E-state index contributed by atoms with van der Waals surface area (Å²) in [5.74, 6) is -1.16. The lowest BCUT2D eigenvalue weighted by Crippen LogP contribution is -2.19. The molecule has 0 saturated carbocycles. The molecule has 2 aromatic rings. The molecule has 0 unspecified atom stereocenters. The van der Waals surface area contributed by atoms with Crippen molar-refractivity contribution in [2.45, 2.75) is 6.42 Å². The van der Waals surface area contributed by atoms with Gasteiger partial charge in [-0.1, -0.05) is 45.7 Å². The fourth-order valence-electron chi connectivity index (χ4n) is 2.01. The van der Waals surface area contributed by atoms with Crippen molar-refractivity contribution in [3.05, 3.63) is 59.1 Å². The van der Waals surface area contributed by atoms with Crippen LogP contribution in [0, 0.1) is 0 Å². The first-order valence-corrected chi connectivity index (χ1v) is 8.53. The minimum Gasteiger partial charge on any atom is -0.326 e. The molecule has 0 bridgehead atoms. The van der Waals surface area contributed by atoms with E-state index in [-0.39, 0.29) is 28.9 Å². The maximum absolute atomic E-state index is 12.4. The highest BCUT2D eigenvalue weighted by atomic mass is 79.9. The molecule has 0 aliphatic heterocycles. The number of benzene rings is 2. The number of alkyl halides is 1. The summed E-state index contributed by atoms with van der Waals surface area (Å²) in [7, 11) is 0. The molecule has 0 heterocycles. The van der Waals surface area contributed by atoms with Crippen LogP contribution in [0.3, 0.4) is 0 Å². The molecular formula is C17H14BrClN2O3. The normalized spacial score (nSPS) is 10.1. The molecule has 2 rings (SSSR count). The van der Waals surface area contributed by atoms with Crippen molar-refractivity contribution < 1.29 is 14.4 Å². The van der Waals surface area contributed by atoms with Crippen LogP contribution in [0.15, 0.2) is 48.5 Å². The average Bonchev–Trinajstić information content (AvgIpc) is 2.55. The molecule has 0 fully saturated rings. The molecule has 2 aromatic carbocycles. The summed E-state index contributed by atoms with van der Waals surface area (Å²) in [6.45, 7) is 0. The fraction of sp³-hybridized carbons (Fsp3) is 0.118. The van der Waals surface area contributed by atoms with E-state index in [4.69, 9.17) is 11.6 Å². The molecular weight excluding hydrogens is 396 g/mol. The summed E-state index contributed by atoms with van der Waals surface area (Å²) in [6.07, 6.45) is -0.340. The highest BCUT2D eigenvalue weighted by Gasteiger charge is 2.17. The summed E-state index contributed by atoms with van der Waals surface area (Å²) in [4.78, 5) is 35.9. The second-order valence-electron chi connectivity index (χ2n) is 4.89. The minimum absolute atomic E-state index is 0.0850. The second-order valence-corrected chi connectivity index (χ2v) is 5.88. The maximum atomic E-state index is 12.4. The standard InChI is InChI=1S/C17H14BrClN2O3/c18-10-17(24)21-14-8-11(19)6-7-13(14)15(22)9-16(23)20-12-4-2-1-3-5-12/h1-8H,9-10H2,(H,20,23)(H,21,24). The van der Waals surface area contributed by atoms with Crippen LogP contribution in [0.5, 0.6) is 0 Å². The van der Waals surface area contributed by atoms with Crippen molar-refractivity contribution in [2.24, 2.45) is 0 Å². The average molecular weight is 410 g/mol. The van der Waals surface area contributed by atoms with E-state index in [0.717, 1.165) is 0 Å². The Balaban J connectivity index is 2.11. The zero-order valence-corrected chi connectivity index (χ0v) is 14.9. The van der Waals surface area contributed by atoms with Crippen LogP contribution < -0.4 is 10.6 Å². The lowest BCUT2D eigenvalue weighted by molar-refractivity contribution is -0.115. The van der Waals surface area contributed by atoms with Crippen molar-refractivity contribution in [1.82, 2.24) is 0 Å². The van der Waals surface area contributed by atoms with Crippen molar-refractivity contribution in [1.29, 1.82) is 0 Å². The Bertz CT molecular complexity index is 766. The van der Waals surface area contributed by atoms with E-state index in [1.807, 2.05) is 6.07 Å². The van der Waals surface area contributed by atoms with Gasteiger partial charge in [0.2, 0.25) is 11.8 Å². The van der Waals surface area contributed by atoms with Crippen LogP contribution in [0.1, 0.15) is 16.8 Å². The third kappa shape index (κ3) is 5.18. The van der Waals surface area contributed by atoms with Gasteiger partial charge in [0.05, 0.1) is 17.4 Å². The quantitative estimate of drug-likeness (QED) is 0.432.